The van der Waals surface area contributed by atoms with Crippen LogP contribution in [0.25, 0.3) is 22.5 Å². The van der Waals surface area contributed by atoms with E-state index >= 15 is 0 Å². The van der Waals surface area contributed by atoms with Crippen molar-refractivity contribution < 1.29 is 9.53 Å². The number of aromatic amines is 1. The van der Waals surface area contributed by atoms with Crippen LogP contribution in [0.4, 0.5) is 5.69 Å². The molecule has 0 aliphatic carbocycles. The zero-order chi connectivity index (χ0) is 24.8. The Bertz CT molecular complexity index is 1220. The average molecular weight is 486 g/mol. The van der Waals surface area contributed by atoms with E-state index in [9.17, 15) is 4.79 Å². The minimum atomic E-state index is -0.312. The van der Waals surface area contributed by atoms with Crippen molar-refractivity contribution in [2.45, 2.75) is 44.5 Å². The summed E-state index contributed by atoms with van der Waals surface area (Å²) in [5, 5.41) is 3.44. The number of hydrogen-bond donors (Lipinski definition) is 2. The van der Waals surface area contributed by atoms with E-state index in [1.807, 2.05) is 38.1 Å². The fourth-order valence-electron chi connectivity index (χ4n) is 3.78. The van der Waals surface area contributed by atoms with Crippen molar-refractivity contribution in [1.29, 1.82) is 0 Å². The molecule has 2 N–H and O–H groups in total. The van der Waals surface area contributed by atoms with Gasteiger partial charge in [-0.1, -0.05) is 90.5 Å². The highest BCUT2D eigenvalue weighted by atomic mass is 32.2. The molecule has 0 fully saturated rings. The van der Waals surface area contributed by atoms with Crippen LogP contribution in [0.1, 0.15) is 31.4 Å². The molecule has 4 rings (SSSR count). The van der Waals surface area contributed by atoms with Crippen LogP contribution in [0.5, 0.6) is 5.75 Å². The molecule has 6 heteroatoms. The van der Waals surface area contributed by atoms with E-state index in [4.69, 9.17) is 9.72 Å². The lowest BCUT2D eigenvalue weighted by Gasteiger charge is -2.15. The van der Waals surface area contributed by atoms with Crippen LogP contribution >= 0.6 is 11.8 Å². The molecule has 1 atom stereocenters. The second kappa shape index (κ2) is 11.3. The van der Waals surface area contributed by atoms with E-state index in [0.717, 1.165) is 27.7 Å². The van der Waals surface area contributed by atoms with E-state index < -0.39 is 0 Å². The highest BCUT2D eigenvalue weighted by Gasteiger charge is 2.23. The van der Waals surface area contributed by atoms with Gasteiger partial charge in [0.25, 0.3) is 0 Å². The molecule has 1 heterocycles. The Kier molecular flexibility index (Phi) is 7.93. The van der Waals surface area contributed by atoms with Gasteiger partial charge in [0.05, 0.1) is 28.9 Å². The van der Waals surface area contributed by atoms with Crippen LogP contribution < -0.4 is 10.1 Å². The van der Waals surface area contributed by atoms with Gasteiger partial charge >= 0.3 is 0 Å². The summed E-state index contributed by atoms with van der Waals surface area (Å²) >= 11 is 1.45. The van der Waals surface area contributed by atoms with Crippen LogP contribution in [-0.2, 0) is 4.79 Å². The summed E-state index contributed by atoms with van der Waals surface area (Å²) in [5.41, 5.74) is 7.02. The second-order valence-corrected chi connectivity index (χ2v) is 9.62. The number of ether oxygens (including phenoxy) is 1. The fourth-order valence-corrected chi connectivity index (χ4v) is 4.69. The van der Waals surface area contributed by atoms with E-state index in [0.29, 0.717) is 24.5 Å². The van der Waals surface area contributed by atoms with E-state index in [1.54, 1.807) is 0 Å². The molecule has 1 aromatic heterocycles. The van der Waals surface area contributed by atoms with Crippen molar-refractivity contribution in [3.05, 3.63) is 83.9 Å². The number of nitrogens with zero attached hydrogens (tertiary/aromatic N) is 1. The maximum Gasteiger partial charge on any atom is 0.238 e. The standard InChI is InChI=1S/C29H31N3O2S/c1-5-25(28(33)30-23-9-7-8-10-24(23)34-6-2)35-29-31-26(21-15-11-19(3)12-16-21)27(32-29)22-17-13-20(4)14-18-22/h7-18,25H,5-6H2,1-4H3,(H,30,33)(H,31,32). The predicted molar refractivity (Wildman–Crippen MR) is 145 cm³/mol. The lowest BCUT2D eigenvalue weighted by atomic mass is 10.0. The highest BCUT2D eigenvalue weighted by Crippen LogP contribution is 2.35. The second-order valence-electron chi connectivity index (χ2n) is 8.43. The number of thioether (sulfide) groups is 1. The minimum Gasteiger partial charge on any atom is -0.492 e. The van der Waals surface area contributed by atoms with Gasteiger partial charge in [-0.2, -0.15) is 0 Å². The zero-order valence-electron chi connectivity index (χ0n) is 20.6. The summed E-state index contributed by atoms with van der Waals surface area (Å²) in [4.78, 5) is 21.6. The summed E-state index contributed by atoms with van der Waals surface area (Å²) in [7, 11) is 0. The zero-order valence-corrected chi connectivity index (χ0v) is 21.4. The lowest BCUT2D eigenvalue weighted by molar-refractivity contribution is -0.115. The van der Waals surface area contributed by atoms with Gasteiger partial charge < -0.3 is 15.0 Å². The van der Waals surface area contributed by atoms with Crippen molar-refractivity contribution in [3.63, 3.8) is 0 Å². The number of aryl methyl sites for hydroxylation is 2. The lowest BCUT2D eigenvalue weighted by Crippen LogP contribution is -2.25. The summed E-state index contributed by atoms with van der Waals surface area (Å²) in [6.45, 7) is 8.63. The first kappa shape index (κ1) is 24.6. The molecule has 1 amide bonds. The molecule has 4 aromatic rings. The molecular formula is C29H31N3O2S. The first-order chi connectivity index (χ1) is 17.0. The molecule has 0 saturated carbocycles. The van der Waals surface area contributed by atoms with Crippen molar-refractivity contribution in [2.24, 2.45) is 0 Å². The molecule has 1 unspecified atom stereocenters. The van der Waals surface area contributed by atoms with E-state index in [-0.39, 0.29) is 11.2 Å². The van der Waals surface area contributed by atoms with Gasteiger partial charge in [-0.15, -0.1) is 0 Å². The summed E-state index contributed by atoms with van der Waals surface area (Å²) < 4.78 is 5.66. The number of carbonyl (C=O) groups is 1. The van der Waals surface area contributed by atoms with Gasteiger partial charge in [0.15, 0.2) is 5.16 Å². The Morgan fingerprint density at radius 1 is 0.943 bits per heavy atom. The molecule has 0 aliphatic rings. The number of H-pyrrole nitrogens is 1. The summed E-state index contributed by atoms with van der Waals surface area (Å²) in [6, 6.07) is 24.3. The number of nitrogens with one attached hydrogen (secondary N) is 2. The molecule has 3 aromatic carbocycles. The van der Waals surface area contributed by atoms with Gasteiger partial charge in [0, 0.05) is 11.1 Å². The number of anilines is 1. The Hall–Kier alpha value is -3.51. The number of rotatable bonds is 9. The van der Waals surface area contributed by atoms with Crippen LogP contribution in [-0.4, -0.2) is 27.7 Å². The molecule has 0 saturated heterocycles. The minimum absolute atomic E-state index is 0.0742. The third-order valence-electron chi connectivity index (χ3n) is 5.71. The van der Waals surface area contributed by atoms with Gasteiger partial charge in [0.2, 0.25) is 5.91 Å². The molecule has 5 nitrogen and oxygen atoms in total. The van der Waals surface area contributed by atoms with Crippen LogP contribution in [0.2, 0.25) is 0 Å². The Morgan fingerprint density at radius 2 is 1.57 bits per heavy atom. The molecule has 0 radical (unpaired) electrons. The SMILES string of the molecule is CCOc1ccccc1NC(=O)C(CC)Sc1nc(-c2ccc(C)cc2)c(-c2ccc(C)cc2)[nH]1. The van der Waals surface area contributed by atoms with Gasteiger partial charge in [-0.05, 0) is 39.3 Å². The number of para-hydroxylation sites is 2. The number of carbonyl (C=O) groups excluding carboxylic acids is 1. The molecule has 0 spiro atoms. The largest absolute Gasteiger partial charge is 0.492 e. The van der Waals surface area contributed by atoms with Crippen molar-refractivity contribution in [2.75, 3.05) is 11.9 Å². The smallest absolute Gasteiger partial charge is 0.238 e. The first-order valence-corrected chi connectivity index (χ1v) is 12.8. The molecular weight excluding hydrogens is 454 g/mol. The number of aromatic nitrogens is 2. The number of hydrogen-bond acceptors (Lipinski definition) is 4. The van der Waals surface area contributed by atoms with Crippen molar-refractivity contribution >= 4 is 23.4 Å². The topological polar surface area (TPSA) is 67.0 Å². The van der Waals surface area contributed by atoms with Gasteiger partial charge in [-0.25, -0.2) is 4.98 Å². The molecule has 180 valence electrons. The number of imidazole rings is 1. The van der Waals surface area contributed by atoms with Crippen LogP contribution in [0.3, 0.4) is 0 Å². The predicted octanol–water partition coefficient (Wildman–Crippen LogP) is 7.27. The third-order valence-corrected chi connectivity index (χ3v) is 6.96. The summed E-state index contributed by atoms with van der Waals surface area (Å²) in [5.74, 6) is 0.597. The number of amides is 1. The van der Waals surface area contributed by atoms with Gasteiger partial charge in [0.1, 0.15) is 5.75 Å². The third kappa shape index (κ3) is 5.95. The molecule has 35 heavy (non-hydrogen) atoms. The monoisotopic (exact) mass is 485 g/mol. The maximum absolute atomic E-state index is 13.2. The Labute approximate surface area is 211 Å². The number of benzene rings is 3. The molecule has 0 bridgehead atoms. The molecule has 0 aliphatic heterocycles. The first-order valence-electron chi connectivity index (χ1n) is 11.9. The Balaban J connectivity index is 1.62. The van der Waals surface area contributed by atoms with E-state index in [2.05, 4.69) is 72.7 Å². The van der Waals surface area contributed by atoms with E-state index in [1.165, 1.54) is 22.9 Å². The average Bonchev–Trinajstić information content (AvgIpc) is 3.28. The highest BCUT2D eigenvalue weighted by molar-refractivity contribution is 8.00. The fraction of sp³-hybridized carbons (Fsp3) is 0.241. The Morgan fingerprint density at radius 3 is 2.20 bits per heavy atom. The van der Waals surface area contributed by atoms with Crippen LogP contribution in [0, 0.1) is 13.8 Å². The quantitative estimate of drug-likeness (QED) is 0.245. The maximum atomic E-state index is 13.2. The summed E-state index contributed by atoms with van der Waals surface area (Å²) in [6.07, 6.45) is 0.660. The van der Waals surface area contributed by atoms with Gasteiger partial charge in [-0.3, -0.25) is 4.79 Å². The van der Waals surface area contributed by atoms with Crippen molar-refractivity contribution in [1.82, 2.24) is 9.97 Å². The van der Waals surface area contributed by atoms with Crippen molar-refractivity contribution in [3.8, 4) is 28.3 Å². The normalized spacial score (nSPS) is 11.8. The van der Waals surface area contributed by atoms with Crippen LogP contribution in [0.15, 0.2) is 78.0 Å².